The van der Waals surface area contributed by atoms with E-state index >= 15 is 0 Å². The summed E-state index contributed by atoms with van der Waals surface area (Å²) in [7, 11) is 2.03. The van der Waals surface area contributed by atoms with Crippen LogP contribution in [0.5, 0.6) is 0 Å². The van der Waals surface area contributed by atoms with Gasteiger partial charge in [-0.3, -0.25) is 4.90 Å². The molecule has 1 rings (SSSR count). The number of likely N-dealkylation sites (N-methyl/N-ethyl adjacent to an activating group) is 1. The lowest BCUT2D eigenvalue weighted by Gasteiger charge is -2.31. The maximum absolute atomic E-state index is 6.06. The number of nitrogens with zero attached hydrogens (tertiary/aromatic N) is 1. The van der Waals surface area contributed by atoms with E-state index in [1.54, 1.807) is 0 Å². The summed E-state index contributed by atoms with van der Waals surface area (Å²) >= 11 is 0. The highest BCUT2D eigenvalue weighted by Gasteiger charge is 2.39. The molecule has 0 saturated carbocycles. The van der Waals surface area contributed by atoms with Crippen LogP contribution in [0.4, 0.5) is 0 Å². The van der Waals surface area contributed by atoms with Crippen molar-refractivity contribution in [2.75, 3.05) is 33.3 Å². The third-order valence-corrected chi connectivity index (χ3v) is 4.64. The minimum Gasteiger partial charge on any atom is -0.373 e. The van der Waals surface area contributed by atoms with Crippen LogP contribution in [-0.4, -0.2) is 49.8 Å². The first-order valence-corrected chi connectivity index (χ1v) is 8.70. The molecule has 1 heterocycles. The number of likely N-dealkylation sites (tertiary alicyclic amines) is 1. The van der Waals surface area contributed by atoms with Gasteiger partial charge < -0.3 is 10.1 Å². The van der Waals surface area contributed by atoms with E-state index < -0.39 is 0 Å². The summed E-state index contributed by atoms with van der Waals surface area (Å²) in [5.74, 6) is 0. The maximum atomic E-state index is 6.06. The van der Waals surface area contributed by atoms with Crippen molar-refractivity contribution in [2.45, 2.75) is 77.4 Å². The second-order valence-corrected chi connectivity index (χ2v) is 6.42. The zero-order valence-electron chi connectivity index (χ0n) is 14.2. The Morgan fingerprint density at radius 1 is 1.20 bits per heavy atom. The predicted octanol–water partition coefficient (Wildman–Crippen LogP) is 3.44. The Labute approximate surface area is 126 Å². The first kappa shape index (κ1) is 17.9. The van der Waals surface area contributed by atoms with E-state index in [0.717, 1.165) is 19.7 Å². The molecule has 1 aliphatic heterocycles. The van der Waals surface area contributed by atoms with Gasteiger partial charge in [0.1, 0.15) is 0 Å². The van der Waals surface area contributed by atoms with E-state index in [0.29, 0.717) is 6.04 Å². The van der Waals surface area contributed by atoms with Gasteiger partial charge in [0.15, 0.2) is 0 Å². The number of unbranched alkanes of at least 4 members (excludes halogenated alkanes) is 4. The van der Waals surface area contributed by atoms with Crippen LogP contribution < -0.4 is 5.32 Å². The average Bonchev–Trinajstić information content (AvgIpc) is 2.83. The summed E-state index contributed by atoms with van der Waals surface area (Å²) in [6.45, 7) is 10.9. The van der Waals surface area contributed by atoms with E-state index in [4.69, 9.17) is 4.74 Å². The second kappa shape index (κ2) is 9.75. The van der Waals surface area contributed by atoms with Gasteiger partial charge in [0.05, 0.1) is 5.60 Å². The molecule has 0 aliphatic carbocycles. The van der Waals surface area contributed by atoms with Gasteiger partial charge in [-0.25, -0.2) is 0 Å². The molecule has 0 aromatic heterocycles. The lowest BCUT2D eigenvalue weighted by molar-refractivity contribution is -0.0308. The fraction of sp³-hybridized carbons (Fsp3) is 1.00. The van der Waals surface area contributed by atoms with Crippen molar-refractivity contribution >= 4 is 0 Å². The molecule has 1 aliphatic rings. The molecule has 2 atom stereocenters. The Bertz CT molecular complexity index is 239. The molecule has 0 bridgehead atoms. The summed E-state index contributed by atoms with van der Waals surface area (Å²) in [5, 5.41) is 3.31. The SMILES string of the molecule is CCCCCCCC(C)N1CCC(CNC)(OCC)C1. The summed E-state index contributed by atoms with van der Waals surface area (Å²) in [4.78, 5) is 2.63. The van der Waals surface area contributed by atoms with Crippen molar-refractivity contribution in [1.82, 2.24) is 10.2 Å². The van der Waals surface area contributed by atoms with Crippen LogP contribution in [0.15, 0.2) is 0 Å². The summed E-state index contributed by atoms with van der Waals surface area (Å²) < 4.78 is 6.06. The highest BCUT2D eigenvalue weighted by Crippen LogP contribution is 2.27. The van der Waals surface area contributed by atoms with Crippen LogP contribution in [0.1, 0.15) is 65.7 Å². The Kier molecular flexibility index (Phi) is 8.74. The molecule has 0 spiro atoms. The van der Waals surface area contributed by atoms with Crippen molar-refractivity contribution in [3.63, 3.8) is 0 Å². The normalized spacial score (nSPS) is 25.2. The minimum absolute atomic E-state index is 0.0555. The quantitative estimate of drug-likeness (QED) is 0.588. The molecule has 0 aromatic rings. The van der Waals surface area contributed by atoms with Crippen LogP contribution in [0, 0.1) is 0 Å². The van der Waals surface area contributed by atoms with Gasteiger partial charge in [0.2, 0.25) is 0 Å². The molecule has 0 radical (unpaired) electrons. The van der Waals surface area contributed by atoms with Crippen molar-refractivity contribution < 1.29 is 4.74 Å². The van der Waals surface area contributed by atoms with Gasteiger partial charge in [0.25, 0.3) is 0 Å². The Morgan fingerprint density at radius 2 is 1.95 bits per heavy atom. The van der Waals surface area contributed by atoms with Gasteiger partial charge in [-0.15, -0.1) is 0 Å². The number of hydrogen-bond donors (Lipinski definition) is 1. The highest BCUT2D eigenvalue weighted by molar-refractivity contribution is 4.95. The topological polar surface area (TPSA) is 24.5 Å². The van der Waals surface area contributed by atoms with Crippen LogP contribution in [-0.2, 0) is 4.74 Å². The Hall–Kier alpha value is -0.120. The van der Waals surface area contributed by atoms with Gasteiger partial charge >= 0.3 is 0 Å². The molecule has 1 saturated heterocycles. The summed E-state index contributed by atoms with van der Waals surface area (Å²) in [5.41, 5.74) is 0.0555. The number of hydrogen-bond acceptors (Lipinski definition) is 3. The second-order valence-electron chi connectivity index (χ2n) is 6.42. The van der Waals surface area contributed by atoms with Crippen molar-refractivity contribution in [1.29, 1.82) is 0 Å². The molecule has 3 heteroatoms. The molecule has 1 N–H and O–H groups in total. The van der Waals surface area contributed by atoms with Crippen LogP contribution in [0.25, 0.3) is 0 Å². The smallest absolute Gasteiger partial charge is 0.0944 e. The molecule has 1 fully saturated rings. The number of ether oxygens (including phenoxy) is 1. The van der Waals surface area contributed by atoms with E-state index in [-0.39, 0.29) is 5.60 Å². The third-order valence-electron chi connectivity index (χ3n) is 4.64. The summed E-state index contributed by atoms with van der Waals surface area (Å²) in [6, 6.07) is 0.704. The fourth-order valence-corrected chi connectivity index (χ4v) is 3.42. The average molecular weight is 284 g/mol. The zero-order valence-corrected chi connectivity index (χ0v) is 14.2. The first-order chi connectivity index (χ1) is 9.67. The molecular weight excluding hydrogens is 248 g/mol. The molecule has 120 valence electrons. The number of nitrogens with one attached hydrogen (secondary N) is 1. The lowest BCUT2D eigenvalue weighted by atomic mass is 10.0. The molecule has 2 unspecified atom stereocenters. The van der Waals surface area contributed by atoms with Crippen molar-refractivity contribution in [2.24, 2.45) is 0 Å². The van der Waals surface area contributed by atoms with E-state index in [1.807, 2.05) is 7.05 Å². The largest absolute Gasteiger partial charge is 0.373 e. The fourth-order valence-electron chi connectivity index (χ4n) is 3.42. The van der Waals surface area contributed by atoms with Gasteiger partial charge in [-0.05, 0) is 33.7 Å². The summed E-state index contributed by atoms with van der Waals surface area (Å²) in [6.07, 6.45) is 9.43. The van der Waals surface area contributed by atoms with Gasteiger partial charge in [0, 0.05) is 32.3 Å². The van der Waals surface area contributed by atoms with Crippen molar-refractivity contribution in [3.8, 4) is 0 Å². The van der Waals surface area contributed by atoms with Gasteiger partial charge in [-0.1, -0.05) is 39.0 Å². The Balaban J connectivity index is 2.30. The highest BCUT2D eigenvalue weighted by atomic mass is 16.5. The molecular formula is C17H36N2O. The van der Waals surface area contributed by atoms with Crippen molar-refractivity contribution in [3.05, 3.63) is 0 Å². The molecule has 0 amide bonds. The van der Waals surface area contributed by atoms with E-state index in [1.165, 1.54) is 51.5 Å². The first-order valence-electron chi connectivity index (χ1n) is 8.70. The monoisotopic (exact) mass is 284 g/mol. The predicted molar refractivity (Wildman–Crippen MR) is 87.3 cm³/mol. The minimum atomic E-state index is 0.0555. The third kappa shape index (κ3) is 5.71. The molecule has 3 nitrogen and oxygen atoms in total. The zero-order chi connectivity index (χ0) is 14.8. The molecule has 0 aromatic carbocycles. The Morgan fingerprint density at radius 3 is 2.60 bits per heavy atom. The van der Waals surface area contributed by atoms with E-state index in [9.17, 15) is 0 Å². The lowest BCUT2D eigenvalue weighted by Crippen LogP contribution is -2.45. The maximum Gasteiger partial charge on any atom is 0.0944 e. The number of rotatable bonds is 11. The van der Waals surface area contributed by atoms with Crippen LogP contribution >= 0.6 is 0 Å². The standard InChI is InChI=1S/C17H36N2O/c1-5-7-8-9-10-11-16(3)19-13-12-17(15-19,14-18-4)20-6-2/h16,18H,5-15H2,1-4H3. The van der Waals surface area contributed by atoms with Crippen LogP contribution in [0.2, 0.25) is 0 Å². The van der Waals surface area contributed by atoms with Crippen LogP contribution in [0.3, 0.4) is 0 Å². The van der Waals surface area contributed by atoms with Gasteiger partial charge in [-0.2, -0.15) is 0 Å². The molecule has 20 heavy (non-hydrogen) atoms. The van der Waals surface area contributed by atoms with E-state index in [2.05, 4.69) is 31.0 Å².